The van der Waals surface area contributed by atoms with Crippen LogP contribution >= 0.6 is 11.8 Å². The van der Waals surface area contributed by atoms with Crippen molar-refractivity contribution in [1.82, 2.24) is 4.90 Å². The lowest BCUT2D eigenvalue weighted by molar-refractivity contribution is 0.0690. The van der Waals surface area contributed by atoms with Crippen molar-refractivity contribution in [3.8, 4) is 17.2 Å². The largest absolute Gasteiger partial charge is 0.493 e. The molecule has 1 aromatic rings. The molecule has 0 aromatic heterocycles. The maximum atomic E-state index is 8.03. The standard InChI is InChI=1S/C15H20N2O4S/c16-15(17-4-7-18-8-5-17)22-9-1-6-19-12-2-3-13-14(10-12)21-11-20-13/h2-3,10,16H,1,4-9,11H2. The summed E-state index contributed by atoms with van der Waals surface area (Å²) in [6, 6.07) is 5.60. The lowest BCUT2D eigenvalue weighted by Gasteiger charge is -2.28. The molecule has 0 saturated carbocycles. The molecule has 7 heteroatoms. The van der Waals surface area contributed by atoms with Gasteiger partial charge in [-0.1, -0.05) is 11.8 Å². The van der Waals surface area contributed by atoms with Crippen LogP contribution in [0.4, 0.5) is 0 Å². The van der Waals surface area contributed by atoms with E-state index in [2.05, 4.69) is 4.90 Å². The third-order valence-electron chi connectivity index (χ3n) is 3.44. The van der Waals surface area contributed by atoms with Gasteiger partial charge in [0.25, 0.3) is 0 Å². The average molecular weight is 324 g/mol. The molecule has 1 saturated heterocycles. The van der Waals surface area contributed by atoms with E-state index in [0.29, 0.717) is 11.8 Å². The van der Waals surface area contributed by atoms with Crippen molar-refractivity contribution >= 4 is 16.9 Å². The Kier molecular flexibility index (Phi) is 5.29. The summed E-state index contributed by atoms with van der Waals surface area (Å²) < 4.78 is 21.6. The van der Waals surface area contributed by atoms with Gasteiger partial charge < -0.3 is 23.8 Å². The van der Waals surface area contributed by atoms with Crippen LogP contribution in [0.5, 0.6) is 17.2 Å². The Bertz CT molecular complexity index is 520. The molecule has 0 aliphatic carbocycles. The Morgan fingerprint density at radius 2 is 2.05 bits per heavy atom. The first-order chi connectivity index (χ1) is 10.8. The molecule has 3 rings (SSSR count). The number of amidine groups is 1. The first-order valence-electron chi connectivity index (χ1n) is 7.39. The van der Waals surface area contributed by atoms with Gasteiger partial charge in [-0.2, -0.15) is 0 Å². The topological polar surface area (TPSA) is 64.0 Å². The molecule has 6 nitrogen and oxygen atoms in total. The van der Waals surface area contributed by atoms with Crippen molar-refractivity contribution in [3.63, 3.8) is 0 Å². The highest BCUT2D eigenvalue weighted by atomic mass is 32.2. The van der Waals surface area contributed by atoms with E-state index in [0.717, 1.165) is 55.7 Å². The van der Waals surface area contributed by atoms with Crippen LogP contribution in [0, 0.1) is 5.41 Å². The van der Waals surface area contributed by atoms with Crippen molar-refractivity contribution in [1.29, 1.82) is 5.41 Å². The van der Waals surface area contributed by atoms with Gasteiger partial charge in [0.15, 0.2) is 16.7 Å². The highest BCUT2D eigenvalue weighted by molar-refractivity contribution is 8.13. The van der Waals surface area contributed by atoms with E-state index in [1.54, 1.807) is 11.8 Å². The summed E-state index contributed by atoms with van der Waals surface area (Å²) >= 11 is 1.57. The number of nitrogens with zero attached hydrogens (tertiary/aromatic N) is 1. The zero-order valence-electron chi connectivity index (χ0n) is 12.4. The van der Waals surface area contributed by atoms with Crippen molar-refractivity contribution in [2.45, 2.75) is 6.42 Å². The third kappa shape index (κ3) is 3.98. The van der Waals surface area contributed by atoms with Gasteiger partial charge in [0, 0.05) is 24.9 Å². The van der Waals surface area contributed by atoms with Crippen LogP contribution < -0.4 is 14.2 Å². The van der Waals surface area contributed by atoms with Gasteiger partial charge in [0.05, 0.1) is 19.8 Å². The number of ether oxygens (including phenoxy) is 4. The molecular weight excluding hydrogens is 304 g/mol. The van der Waals surface area contributed by atoms with Crippen molar-refractivity contribution in [3.05, 3.63) is 18.2 Å². The highest BCUT2D eigenvalue weighted by Gasteiger charge is 2.15. The summed E-state index contributed by atoms with van der Waals surface area (Å²) in [6.45, 7) is 3.98. The summed E-state index contributed by atoms with van der Waals surface area (Å²) in [4.78, 5) is 2.06. The first kappa shape index (κ1) is 15.3. The SMILES string of the molecule is N=C(SCCCOc1ccc2c(c1)OCO2)N1CCOCC1. The summed E-state index contributed by atoms with van der Waals surface area (Å²) in [5, 5.41) is 8.66. The maximum absolute atomic E-state index is 8.03. The Balaban J connectivity index is 1.33. The quantitative estimate of drug-likeness (QED) is 0.509. The van der Waals surface area contributed by atoms with Gasteiger partial charge in [-0.15, -0.1) is 0 Å². The minimum absolute atomic E-state index is 0.277. The van der Waals surface area contributed by atoms with Gasteiger partial charge >= 0.3 is 0 Å². The van der Waals surface area contributed by atoms with E-state index in [4.69, 9.17) is 24.4 Å². The minimum atomic E-state index is 0.277. The fourth-order valence-corrected chi connectivity index (χ4v) is 3.06. The molecule has 0 amide bonds. The fraction of sp³-hybridized carbons (Fsp3) is 0.533. The predicted octanol–water partition coefficient (Wildman–Crippen LogP) is 2.18. The lowest BCUT2D eigenvalue weighted by atomic mass is 10.3. The van der Waals surface area contributed by atoms with Crippen LogP contribution in [0.3, 0.4) is 0 Å². The number of thioether (sulfide) groups is 1. The van der Waals surface area contributed by atoms with Crippen LogP contribution in [0.1, 0.15) is 6.42 Å². The van der Waals surface area contributed by atoms with Crippen molar-refractivity contribution < 1.29 is 18.9 Å². The normalized spacial score (nSPS) is 16.6. The second-order valence-electron chi connectivity index (χ2n) is 4.97. The number of benzene rings is 1. The second kappa shape index (κ2) is 7.60. The predicted molar refractivity (Wildman–Crippen MR) is 85.3 cm³/mol. The molecule has 1 N–H and O–H groups in total. The Morgan fingerprint density at radius 3 is 2.91 bits per heavy atom. The molecule has 2 heterocycles. The van der Waals surface area contributed by atoms with Gasteiger partial charge in [-0.3, -0.25) is 5.41 Å². The zero-order chi connectivity index (χ0) is 15.2. The number of hydrogen-bond acceptors (Lipinski definition) is 6. The molecule has 120 valence electrons. The van der Waals surface area contributed by atoms with Crippen LogP contribution in [0.25, 0.3) is 0 Å². The van der Waals surface area contributed by atoms with Gasteiger partial charge in [0.1, 0.15) is 5.75 Å². The Morgan fingerprint density at radius 1 is 1.23 bits per heavy atom. The van der Waals surface area contributed by atoms with E-state index < -0.39 is 0 Å². The summed E-state index contributed by atoms with van der Waals surface area (Å²) in [7, 11) is 0. The number of hydrogen-bond donors (Lipinski definition) is 1. The molecule has 22 heavy (non-hydrogen) atoms. The molecule has 0 spiro atoms. The monoisotopic (exact) mass is 324 g/mol. The van der Waals surface area contributed by atoms with E-state index in [1.165, 1.54) is 0 Å². The average Bonchev–Trinajstić information content (AvgIpc) is 3.03. The van der Waals surface area contributed by atoms with Crippen LogP contribution in [0.2, 0.25) is 0 Å². The van der Waals surface area contributed by atoms with Crippen LogP contribution in [0.15, 0.2) is 18.2 Å². The molecule has 0 bridgehead atoms. The zero-order valence-corrected chi connectivity index (χ0v) is 13.2. The lowest BCUT2D eigenvalue weighted by Crippen LogP contribution is -2.39. The van der Waals surface area contributed by atoms with E-state index >= 15 is 0 Å². The molecule has 1 fully saturated rings. The van der Waals surface area contributed by atoms with Crippen LogP contribution in [-0.4, -0.2) is 55.5 Å². The third-order valence-corrected chi connectivity index (χ3v) is 4.46. The number of fused-ring (bicyclic) bond motifs is 1. The Hall–Kier alpha value is -1.60. The molecular formula is C15H20N2O4S. The van der Waals surface area contributed by atoms with E-state index in [9.17, 15) is 0 Å². The van der Waals surface area contributed by atoms with E-state index in [-0.39, 0.29) is 6.79 Å². The minimum Gasteiger partial charge on any atom is -0.493 e. The van der Waals surface area contributed by atoms with Gasteiger partial charge in [-0.25, -0.2) is 0 Å². The number of nitrogens with one attached hydrogen (secondary N) is 1. The molecule has 2 aliphatic heterocycles. The molecule has 2 aliphatic rings. The van der Waals surface area contributed by atoms with E-state index in [1.807, 2.05) is 18.2 Å². The smallest absolute Gasteiger partial charge is 0.231 e. The second-order valence-corrected chi connectivity index (χ2v) is 6.05. The molecule has 0 radical (unpaired) electrons. The van der Waals surface area contributed by atoms with Gasteiger partial charge in [-0.05, 0) is 18.6 Å². The molecule has 1 aromatic carbocycles. The molecule has 0 atom stereocenters. The van der Waals surface area contributed by atoms with Crippen molar-refractivity contribution in [2.75, 3.05) is 45.5 Å². The summed E-state index contributed by atoms with van der Waals surface area (Å²) in [5.74, 6) is 3.17. The maximum Gasteiger partial charge on any atom is 0.231 e. The Labute approximate surface area is 134 Å². The fourth-order valence-electron chi connectivity index (χ4n) is 2.24. The van der Waals surface area contributed by atoms with Gasteiger partial charge in [0.2, 0.25) is 6.79 Å². The summed E-state index contributed by atoms with van der Waals surface area (Å²) in [5.41, 5.74) is 0. The molecule has 0 unspecified atom stereocenters. The summed E-state index contributed by atoms with van der Waals surface area (Å²) in [6.07, 6.45) is 0.895. The highest BCUT2D eigenvalue weighted by Crippen LogP contribution is 2.35. The number of morpholine rings is 1. The first-order valence-corrected chi connectivity index (χ1v) is 8.38. The van der Waals surface area contributed by atoms with Crippen LogP contribution in [-0.2, 0) is 4.74 Å². The van der Waals surface area contributed by atoms with Crippen molar-refractivity contribution in [2.24, 2.45) is 0 Å². The number of rotatable bonds is 5.